The number of nitrogens with zero attached hydrogens (tertiary/aromatic N) is 3. The number of guanidine groups is 1. The number of nitrogens with one attached hydrogen (secondary N) is 1. The number of nitrogens with two attached hydrogens (primary N) is 1. The fourth-order valence-electron chi connectivity index (χ4n) is 2.48. The molecule has 3 N–H and O–H groups in total. The zero-order valence-corrected chi connectivity index (χ0v) is 15.1. The fraction of sp³-hybridized carbons (Fsp3) is 0.529. The zero-order valence-electron chi connectivity index (χ0n) is 14.3. The molecular formula is C17H26ClN5O. The monoisotopic (exact) mass is 351 g/mol. The van der Waals surface area contributed by atoms with E-state index in [0.29, 0.717) is 25.0 Å². The molecule has 1 aliphatic heterocycles. The summed E-state index contributed by atoms with van der Waals surface area (Å²) in [6, 6.07) is 7.78. The summed E-state index contributed by atoms with van der Waals surface area (Å²) in [6.45, 7) is 8.02. The van der Waals surface area contributed by atoms with Gasteiger partial charge < -0.3 is 20.9 Å². The highest BCUT2D eigenvalue weighted by molar-refractivity contribution is 6.30. The molecule has 0 spiro atoms. The van der Waals surface area contributed by atoms with Gasteiger partial charge >= 0.3 is 0 Å². The highest BCUT2D eigenvalue weighted by Crippen LogP contribution is 2.19. The van der Waals surface area contributed by atoms with Crippen molar-refractivity contribution in [2.75, 3.05) is 44.2 Å². The second-order valence-electron chi connectivity index (χ2n) is 6.32. The minimum atomic E-state index is 0.0139. The van der Waals surface area contributed by atoms with Crippen LogP contribution >= 0.6 is 11.6 Å². The summed E-state index contributed by atoms with van der Waals surface area (Å²) in [4.78, 5) is 20.4. The van der Waals surface area contributed by atoms with Crippen LogP contribution in [0.4, 0.5) is 5.69 Å². The fourth-order valence-corrected chi connectivity index (χ4v) is 2.61. The highest BCUT2D eigenvalue weighted by atomic mass is 35.5. The van der Waals surface area contributed by atoms with Gasteiger partial charge in [-0.15, -0.1) is 0 Å². The van der Waals surface area contributed by atoms with Crippen LogP contribution in [0.2, 0.25) is 5.02 Å². The molecule has 0 atom stereocenters. The number of aliphatic imine (C=N–C) groups is 1. The number of amides is 1. The maximum absolute atomic E-state index is 12.2. The van der Waals surface area contributed by atoms with E-state index in [1.165, 1.54) is 0 Å². The topological polar surface area (TPSA) is 74.0 Å². The van der Waals surface area contributed by atoms with Crippen molar-refractivity contribution >= 4 is 29.2 Å². The summed E-state index contributed by atoms with van der Waals surface area (Å²) in [5, 5.41) is 3.74. The van der Waals surface area contributed by atoms with Gasteiger partial charge in [-0.05, 0) is 30.2 Å². The lowest BCUT2D eigenvalue weighted by atomic mass is 10.2. The first-order chi connectivity index (χ1) is 11.5. The highest BCUT2D eigenvalue weighted by Gasteiger charge is 2.20. The Kier molecular flexibility index (Phi) is 6.73. The van der Waals surface area contributed by atoms with Crippen LogP contribution in [-0.2, 0) is 4.79 Å². The zero-order chi connectivity index (χ0) is 17.5. The van der Waals surface area contributed by atoms with E-state index >= 15 is 0 Å². The predicted octanol–water partition coefficient (Wildman–Crippen LogP) is 1.55. The second kappa shape index (κ2) is 8.78. The number of anilines is 1. The summed E-state index contributed by atoms with van der Waals surface area (Å²) in [6.07, 6.45) is 0. The minimum Gasteiger partial charge on any atom is -0.370 e. The quantitative estimate of drug-likeness (QED) is 0.623. The van der Waals surface area contributed by atoms with Crippen LogP contribution in [0, 0.1) is 5.92 Å². The van der Waals surface area contributed by atoms with Gasteiger partial charge in [-0.2, -0.15) is 0 Å². The lowest BCUT2D eigenvalue weighted by Gasteiger charge is -2.36. The Bertz CT molecular complexity index is 565. The van der Waals surface area contributed by atoms with Crippen LogP contribution in [0.5, 0.6) is 0 Å². The third kappa shape index (κ3) is 5.60. The lowest BCUT2D eigenvalue weighted by molar-refractivity contribution is -0.129. The Labute approximate surface area is 148 Å². The summed E-state index contributed by atoms with van der Waals surface area (Å²) in [5.74, 6) is 0.826. The van der Waals surface area contributed by atoms with Crippen molar-refractivity contribution in [2.45, 2.75) is 13.8 Å². The Morgan fingerprint density at radius 3 is 2.46 bits per heavy atom. The Morgan fingerprint density at radius 2 is 1.88 bits per heavy atom. The Balaban J connectivity index is 1.78. The van der Waals surface area contributed by atoms with Gasteiger partial charge in [0.25, 0.3) is 0 Å². The average molecular weight is 352 g/mol. The average Bonchev–Trinajstić information content (AvgIpc) is 2.58. The molecule has 7 heteroatoms. The molecule has 0 saturated carbocycles. The number of piperazine rings is 1. The maximum Gasteiger partial charge on any atom is 0.244 e. The summed E-state index contributed by atoms with van der Waals surface area (Å²) in [5.41, 5.74) is 6.89. The van der Waals surface area contributed by atoms with Crippen molar-refractivity contribution in [1.82, 2.24) is 10.2 Å². The number of hydrogen-bond donors (Lipinski definition) is 2. The number of benzene rings is 1. The van der Waals surface area contributed by atoms with E-state index in [0.717, 1.165) is 30.3 Å². The van der Waals surface area contributed by atoms with Crippen molar-refractivity contribution < 1.29 is 4.79 Å². The van der Waals surface area contributed by atoms with E-state index in [1.807, 2.05) is 29.2 Å². The van der Waals surface area contributed by atoms with Crippen molar-refractivity contribution in [2.24, 2.45) is 16.6 Å². The number of halogens is 1. The summed E-state index contributed by atoms with van der Waals surface area (Å²) < 4.78 is 0. The molecule has 1 saturated heterocycles. The van der Waals surface area contributed by atoms with Crippen LogP contribution in [-0.4, -0.2) is 56.0 Å². The smallest absolute Gasteiger partial charge is 0.244 e. The third-order valence-electron chi connectivity index (χ3n) is 3.90. The molecule has 1 aliphatic rings. The van der Waals surface area contributed by atoms with Gasteiger partial charge in [-0.25, -0.2) is 4.99 Å². The number of rotatable bonds is 5. The van der Waals surface area contributed by atoms with Crippen LogP contribution in [0.3, 0.4) is 0 Å². The van der Waals surface area contributed by atoms with Crippen molar-refractivity contribution in [1.29, 1.82) is 0 Å². The predicted molar refractivity (Wildman–Crippen MR) is 99.6 cm³/mol. The molecular weight excluding hydrogens is 326 g/mol. The van der Waals surface area contributed by atoms with Crippen LogP contribution in [0.1, 0.15) is 13.8 Å². The first kappa shape index (κ1) is 18.4. The van der Waals surface area contributed by atoms with Crippen LogP contribution < -0.4 is 16.0 Å². The van der Waals surface area contributed by atoms with E-state index in [2.05, 4.69) is 29.1 Å². The maximum atomic E-state index is 12.2. The van der Waals surface area contributed by atoms with Crippen LogP contribution in [0.15, 0.2) is 29.3 Å². The molecule has 0 bridgehead atoms. The van der Waals surface area contributed by atoms with Gasteiger partial charge in [0, 0.05) is 43.4 Å². The van der Waals surface area contributed by atoms with E-state index in [1.54, 1.807) is 0 Å². The van der Waals surface area contributed by atoms with E-state index in [-0.39, 0.29) is 12.5 Å². The summed E-state index contributed by atoms with van der Waals surface area (Å²) in [7, 11) is 0. The van der Waals surface area contributed by atoms with Crippen molar-refractivity contribution in [3.05, 3.63) is 29.3 Å². The minimum absolute atomic E-state index is 0.0139. The molecule has 24 heavy (non-hydrogen) atoms. The van der Waals surface area contributed by atoms with Gasteiger partial charge in [0.05, 0.1) is 0 Å². The van der Waals surface area contributed by atoms with E-state index in [9.17, 15) is 4.79 Å². The molecule has 1 heterocycles. The third-order valence-corrected chi connectivity index (χ3v) is 4.15. The molecule has 1 aromatic carbocycles. The van der Waals surface area contributed by atoms with Crippen molar-refractivity contribution in [3.63, 3.8) is 0 Å². The Hall–Kier alpha value is -1.95. The molecule has 2 rings (SSSR count). The van der Waals surface area contributed by atoms with Gasteiger partial charge in [0.2, 0.25) is 5.91 Å². The molecule has 1 amide bonds. The number of hydrogen-bond acceptors (Lipinski definition) is 3. The molecule has 1 aromatic rings. The first-order valence-electron chi connectivity index (χ1n) is 8.28. The van der Waals surface area contributed by atoms with E-state index < -0.39 is 0 Å². The van der Waals surface area contributed by atoms with Gasteiger partial charge in [-0.3, -0.25) is 4.79 Å². The molecule has 132 valence electrons. The number of carbonyl (C=O) groups is 1. The molecule has 1 fully saturated rings. The second-order valence-corrected chi connectivity index (χ2v) is 6.76. The first-order valence-corrected chi connectivity index (χ1v) is 8.65. The molecule has 0 aliphatic carbocycles. The van der Waals surface area contributed by atoms with Gasteiger partial charge in [0.15, 0.2) is 5.96 Å². The molecule has 6 nitrogen and oxygen atoms in total. The number of carbonyl (C=O) groups excluding carboxylic acids is 1. The Morgan fingerprint density at radius 1 is 1.25 bits per heavy atom. The molecule has 0 aromatic heterocycles. The largest absolute Gasteiger partial charge is 0.370 e. The normalized spacial score (nSPS) is 15.8. The SMILES string of the molecule is CC(C)CNC(N)=NCC(=O)N1CCN(c2ccc(Cl)cc2)CC1. The van der Waals surface area contributed by atoms with Crippen molar-refractivity contribution in [3.8, 4) is 0 Å². The van der Waals surface area contributed by atoms with E-state index in [4.69, 9.17) is 17.3 Å². The van der Waals surface area contributed by atoms with Gasteiger partial charge in [0.1, 0.15) is 6.54 Å². The van der Waals surface area contributed by atoms with Gasteiger partial charge in [-0.1, -0.05) is 25.4 Å². The lowest BCUT2D eigenvalue weighted by Crippen LogP contribution is -2.49. The molecule has 0 radical (unpaired) electrons. The standard InChI is InChI=1S/C17H26ClN5O/c1-13(2)11-20-17(19)21-12-16(24)23-9-7-22(8-10-23)15-5-3-14(18)4-6-15/h3-6,13H,7-12H2,1-2H3,(H3,19,20,21). The molecule has 0 unspecified atom stereocenters. The van der Waals surface area contributed by atoms with Crippen LogP contribution in [0.25, 0.3) is 0 Å². The summed E-state index contributed by atoms with van der Waals surface area (Å²) >= 11 is 5.92.